The minimum absolute atomic E-state index is 0.157. The van der Waals surface area contributed by atoms with Gasteiger partial charge in [-0.25, -0.2) is 9.97 Å². The van der Waals surface area contributed by atoms with Gasteiger partial charge in [0.2, 0.25) is 0 Å². The number of nitrogen functional groups attached to an aromatic ring is 1. The van der Waals surface area contributed by atoms with Gasteiger partial charge in [-0.2, -0.15) is 13.2 Å². The maximum absolute atomic E-state index is 11.8. The van der Waals surface area contributed by atoms with E-state index in [9.17, 15) is 13.2 Å². The van der Waals surface area contributed by atoms with E-state index in [4.69, 9.17) is 5.73 Å². The molecular weight excluding hydrogens is 183 g/mol. The van der Waals surface area contributed by atoms with Crippen molar-refractivity contribution < 1.29 is 13.2 Å². The monoisotopic (exact) mass is 191 g/mol. The smallest absolute Gasteiger partial charge is 0.384 e. The van der Waals surface area contributed by atoms with E-state index < -0.39 is 12.6 Å². The summed E-state index contributed by atoms with van der Waals surface area (Å²) in [4.78, 5) is 7.22. The molecule has 0 atom stereocenters. The summed E-state index contributed by atoms with van der Waals surface area (Å²) in [7, 11) is 0. The topological polar surface area (TPSA) is 51.8 Å². The summed E-state index contributed by atoms with van der Waals surface area (Å²) in [6.45, 7) is 0. The number of rotatable bonds is 2. The molecule has 1 aromatic rings. The van der Waals surface area contributed by atoms with E-state index in [2.05, 4.69) is 9.97 Å². The van der Waals surface area contributed by atoms with Crippen molar-refractivity contribution in [2.45, 2.75) is 19.0 Å². The Kier molecular flexibility index (Phi) is 2.69. The lowest BCUT2D eigenvalue weighted by molar-refractivity contribution is -0.134. The minimum Gasteiger partial charge on any atom is -0.384 e. The summed E-state index contributed by atoms with van der Waals surface area (Å²) in [6.07, 6.45) is -4.04. The normalized spacial score (nSPS) is 11.6. The molecule has 6 heteroatoms. The summed E-state index contributed by atoms with van der Waals surface area (Å²) in [5.41, 5.74) is 5.58. The van der Waals surface area contributed by atoms with E-state index in [-0.39, 0.29) is 12.2 Å². The number of nitrogens with two attached hydrogens (primary N) is 1. The highest BCUT2D eigenvalue weighted by Crippen LogP contribution is 2.21. The molecule has 0 aliphatic carbocycles. The lowest BCUT2D eigenvalue weighted by Crippen LogP contribution is -2.09. The average molecular weight is 191 g/mol. The van der Waals surface area contributed by atoms with Crippen LogP contribution in [0.3, 0.4) is 0 Å². The average Bonchev–Trinajstić information content (AvgIpc) is 2.00. The third-order valence-corrected chi connectivity index (χ3v) is 1.41. The molecular formula is C7H8F3N3. The van der Waals surface area contributed by atoms with Crippen molar-refractivity contribution in [1.29, 1.82) is 0 Å². The number of nitrogens with zero attached hydrogens (tertiary/aromatic N) is 2. The Morgan fingerprint density at radius 3 is 2.54 bits per heavy atom. The van der Waals surface area contributed by atoms with Crippen LogP contribution in [0.2, 0.25) is 0 Å². The second kappa shape index (κ2) is 3.59. The first kappa shape index (κ1) is 9.76. The molecule has 0 aromatic carbocycles. The quantitative estimate of drug-likeness (QED) is 0.771. The Hall–Kier alpha value is -1.33. The summed E-state index contributed by atoms with van der Waals surface area (Å²) in [6, 6.07) is 1.34. The lowest BCUT2D eigenvalue weighted by atomic mass is 10.2. The largest absolute Gasteiger partial charge is 0.389 e. The highest BCUT2D eigenvalue weighted by atomic mass is 19.4. The molecule has 0 saturated carbocycles. The van der Waals surface area contributed by atoms with Crippen molar-refractivity contribution in [3.63, 3.8) is 0 Å². The third-order valence-electron chi connectivity index (χ3n) is 1.41. The molecule has 0 fully saturated rings. The summed E-state index contributed by atoms with van der Waals surface area (Å²) in [5.74, 6) is 0.187. The van der Waals surface area contributed by atoms with Crippen molar-refractivity contribution in [3.8, 4) is 0 Å². The van der Waals surface area contributed by atoms with Crippen LogP contribution >= 0.6 is 0 Å². The van der Waals surface area contributed by atoms with Crippen molar-refractivity contribution >= 4 is 5.82 Å². The van der Waals surface area contributed by atoms with E-state index in [1.54, 1.807) is 0 Å². The van der Waals surface area contributed by atoms with Crippen molar-refractivity contribution in [2.75, 3.05) is 5.73 Å². The molecule has 0 spiro atoms. The molecule has 0 aliphatic rings. The zero-order valence-corrected chi connectivity index (χ0v) is 6.67. The van der Waals surface area contributed by atoms with Crippen LogP contribution in [0.4, 0.5) is 19.0 Å². The Morgan fingerprint density at radius 2 is 2.00 bits per heavy atom. The van der Waals surface area contributed by atoms with E-state index in [0.717, 1.165) is 6.33 Å². The van der Waals surface area contributed by atoms with Gasteiger partial charge in [0.15, 0.2) is 0 Å². The molecule has 1 heterocycles. The predicted molar refractivity (Wildman–Crippen MR) is 40.8 cm³/mol. The van der Waals surface area contributed by atoms with E-state index in [0.29, 0.717) is 5.69 Å². The second-order valence-corrected chi connectivity index (χ2v) is 2.55. The van der Waals surface area contributed by atoms with Gasteiger partial charge in [-0.15, -0.1) is 0 Å². The summed E-state index contributed by atoms with van der Waals surface area (Å²) < 4.78 is 35.3. The fourth-order valence-corrected chi connectivity index (χ4v) is 0.821. The molecule has 0 amide bonds. The first-order valence-electron chi connectivity index (χ1n) is 3.60. The summed E-state index contributed by atoms with van der Waals surface area (Å²) >= 11 is 0. The minimum atomic E-state index is -4.15. The molecule has 0 unspecified atom stereocenters. The zero-order chi connectivity index (χ0) is 9.90. The van der Waals surface area contributed by atoms with Gasteiger partial charge in [0, 0.05) is 18.2 Å². The number of anilines is 1. The maximum Gasteiger partial charge on any atom is 0.389 e. The van der Waals surface area contributed by atoms with Gasteiger partial charge in [-0.1, -0.05) is 0 Å². The summed E-state index contributed by atoms with van der Waals surface area (Å²) in [5, 5.41) is 0. The van der Waals surface area contributed by atoms with Gasteiger partial charge in [-0.3, -0.25) is 0 Å². The molecule has 1 aromatic heterocycles. The molecule has 0 radical (unpaired) electrons. The van der Waals surface area contributed by atoms with E-state index in [1.165, 1.54) is 6.07 Å². The molecule has 3 nitrogen and oxygen atoms in total. The fourth-order valence-electron chi connectivity index (χ4n) is 0.821. The zero-order valence-electron chi connectivity index (χ0n) is 6.67. The molecule has 0 bridgehead atoms. The highest BCUT2D eigenvalue weighted by molar-refractivity contribution is 5.27. The van der Waals surface area contributed by atoms with Crippen LogP contribution in [-0.2, 0) is 6.42 Å². The number of hydrogen-bond donors (Lipinski definition) is 1. The Bertz CT molecular complexity index is 285. The fraction of sp³-hybridized carbons (Fsp3) is 0.429. The predicted octanol–water partition coefficient (Wildman–Crippen LogP) is 1.55. The number of alkyl halides is 3. The SMILES string of the molecule is Nc1cc(CCC(F)(F)F)ncn1. The molecule has 1 rings (SSSR count). The Labute approximate surface area is 72.8 Å². The van der Waals surface area contributed by atoms with Crippen molar-refractivity contribution in [3.05, 3.63) is 18.1 Å². The van der Waals surface area contributed by atoms with Gasteiger partial charge in [0.25, 0.3) is 0 Å². The van der Waals surface area contributed by atoms with E-state index >= 15 is 0 Å². The van der Waals surface area contributed by atoms with Crippen molar-refractivity contribution in [1.82, 2.24) is 9.97 Å². The van der Waals surface area contributed by atoms with Crippen molar-refractivity contribution in [2.24, 2.45) is 0 Å². The number of aryl methyl sites for hydroxylation is 1. The molecule has 72 valence electrons. The van der Waals surface area contributed by atoms with Crippen LogP contribution in [0.5, 0.6) is 0 Å². The highest BCUT2D eigenvalue weighted by Gasteiger charge is 2.26. The standard InChI is InChI=1S/C7H8F3N3/c8-7(9,10)2-1-5-3-6(11)13-4-12-5/h3-4H,1-2H2,(H2,11,12,13). The van der Waals surface area contributed by atoms with Gasteiger partial charge < -0.3 is 5.73 Å². The number of aromatic nitrogens is 2. The van der Waals surface area contributed by atoms with Gasteiger partial charge in [0.05, 0.1) is 0 Å². The van der Waals surface area contributed by atoms with Gasteiger partial charge in [0.1, 0.15) is 12.1 Å². The van der Waals surface area contributed by atoms with Gasteiger partial charge >= 0.3 is 6.18 Å². The Balaban J connectivity index is 2.55. The van der Waals surface area contributed by atoms with Crippen LogP contribution in [0.25, 0.3) is 0 Å². The van der Waals surface area contributed by atoms with Crippen LogP contribution in [0.1, 0.15) is 12.1 Å². The van der Waals surface area contributed by atoms with Crippen LogP contribution in [-0.4, -0.2) is 16.1 Å². The molecule has 2 N–H and O–H groups in total. The van der Waals surface area contributed by atoms with Crippen LogP contribution in [0.15, 0.2) is 12.4 Å². The third kappa shape index (κ3) is 3.73. The first-order valence-corrected chi connectivity index (χ1v) is 3.60. The van der Waals surface area contributed by atoms with Crippen LogP contribution < -0.4 is 5.73 Å². The number of hydrogen-bond acceptors (Lipinski definition) is 3. The number of halogens is 3. The Morgan fingerprint density at radius 1 is 1.31 bits per heavy atom. The molecule has 0 saturated heterocycles. The first-order chi connectivity index (χ1) is 5.97. The lowest BCUT2D eigenvalue weighted by Gasteiger charge is -2.04. The van der Waals surface area contributed by atoms with Crippen LogP contribution in [0, 0.1) is 0 Å². The van der Waals surface area contributed by atoms with E-state index in [1.807, 2.05) is 0 Å². The maximum atomic E-state index is 11.8. The molecule has 0 aliphatic heterocycles. The second-order valence-electron chi connectivity index (χ2n) is 2.55. The van der Waals surface area contributed by atoms with Gasteiger partial charge in [-0.05, 0) is 6.42 Å². The molecule has 13 heavy (non-hydrogen) atoms.